The monoisotopic (exact) mass is 475 g/mol. The molecule has 5 rings (SSSR count). The zero-order valence-electron chi connectivity index (χ0n) is 18.9. The molecule has 0 atom stereocenters. The van der Waals surface area contributed by atoms with Gasteiger partial charge in [0.05, 0.1) is 23.4 Å². The van der Waals surface area contributed by atoms with Crippen LogP contribution >= 0.6 is 11.3 Å². The molecule has 174 valence electrons. The third-order valence-corrected chi connectivity index (χ3v) is 6.55. The molecular formula is C26H25N3O4S. The Morgan fingerprint density at radius 3 is 2.82 bits per heavy atom. The van der Waals surface area contributed by atoms with Gasteiger partial charge in [0.15, 0.2) is 16.6 Å². The molecule has 2 aromatic carbocycles. The number of hydrogen-bond acceptors (Lipinski definition) is 7. The molecule has 7 nitrogen and oxygen atoms in total. The van der Waals surface area contributed by atoms with Gasteiger partial charge in [-0.15, -0.1) is 0 Å². The topological polar surface area (TPSA) is 73.8 Å². The second-order valence-corrected chi connectivity index (χ2v) is 9.01. The molecule has 0 saturated heterocycles. The SMILES string of the molecule is CCCCCOc1cccc(C(=O)N(Cc2cccnc2)c2nc3cc4c(cc3s2)OCO4)c1. The number of carbonyl (C=O) groups excluding carboxylic acids is 1. The molecule has 1 aliphatic heterocycles. The van der Waals surface area contributed by atoms with Gasteiger partial charge in [-0.25, -0.2) is 4.98 Å². The molecule has 0 aliphatic carbocycles. The average Bonchev–Trinajstić information content (AvgIpc) is 3.50. The summed E-state index contributed by atoms with van der Waals surface area (Å²) in [6.45, 7) is 3.35. The zero-order chi connectivity index (χ0) is 23.3. The third kappa shape index (κ3) is 4.82. The first-order valence-electron chi connectivity index (χ1n) is 11.3. The van der Waals surface area contributed by atoms with Crippen molar-refractivity contribution in [2.75, 3.05) is 18.3 Å². The van der Waals surface area contributed by atoms with Gasteiger partial charge in [-0.2, -0.15) is 0 Å². The van der Waals surface area contributed by atoms with Gasteiger partial charge in [-0.3, -0.25) is 14.7 Å². The maximum Gasteiger partial charge on any atom is 0.260 e. The fourth-order valence-electron chi connectivity index (χ4n) is 3.74. The number of aromatic nitrogens is 2. The minimum atomic E-state index is -0.151. The largest absolute Gasteiger partial charge is 0.494 e. The van der Waals surface area contributed by atoms with E-state index in [2.05, 4.69) is 11.9 Å². The van der Waals surface area contributed by atoms with Gasteiger partial charge < -0.3 is 14.2 Å². The van der Waals surface area contributed by atoms with Crippen molar-refractivity contribution in [3.8, 4) is 17.2 Å². The van der Waals surface area contributed by atoms with Gasteiger partial charge in [0.1, 0.15) is 5.75 Å². The molecule has 0 bridgehead atoms. The fraction of sp³-hybridized carbons (Fsp3) is 0.269. The summed E-state index contributed by atoms with van der Waals surface area (Å²) >= 11 is 1.44. The molecule has 34 heavy (non-hydrogen) atoms. The van der Waals surface area contributed by atoms with E-state index in [1.54, 1.807) is 29.4 Å². The molecule has 2 aromatic heterocycles. The van der Waals surface area contributed by atoms with Crippen molar-refractivity contribution >= 4 is 32.6 Å². The van der Waals surface area contributed by atoms with Crippen LogP contribution in [0.15, 0.2) is 60.9 Å². The lowest BCUT2D eigenvalue weighted by atomic mass is 10.1. The highest BCUT2D eigenvalue weighted by Crippen LogP contribution is 2.40. The number of ether oxygens (including phenoxy) is 3. The Balaban J connectivity index is 1.46. The van der Waals surface area contributed by atoms with E-state index in [4.69, 9.17) is 19.2 Å². The van der Waals surface area contributed by atoms with Crippen LogP contribution in [0, 0.1) is 0 Å². The molecule has 0 radical (unpaired) electrons. The first-order valence-corrected chi connectivity index (χ1v) is 12.2. The van der Waals surface area contributed by atoms with Crippen LogP contribution in [-0.4, -0.2) is 29.3 Å². The smallest absolute Gasteiger partial charge is 0.260 e. The normalized spacial score (nSPS) is 12.1. The molecule has 1 aliphatic rings. The Labute approximate surface area is 201 Å². The van der Waals surface area contributed by atoms with Crippen LogP contribution in [0.3, 0.4) is 0 Å². The molecule has 3 heterocycles. The molecule has 0 saturated carbocycles. The van der Waals surface area contributed by atoms with Crippen molar-refractivity contribution in [1.29, 1.82) is 0 Å². The number of benzene rings is 2. The van der Waals surface area contributed by atoms with E-state index in [9.17, 15) is 4.79 Å². The Bertz CT molecular complexity index is 1250. The van der Waals surface area contributed by atoms with Gasteiger partial charge in [-0.05, 0) is 36.2 Å². The Kier molecular flexibility index (Phi) is 6.58. The first kappa shape index (κ1) is 22.2. The Morgan fingerprint density at radius 2 is 2.00 bits per heavy atom. The van der Waals surface area contributed by atoms with Crippen LogP contribution in [-0.2, 0) is 6.54 Å². The molecule has 0 N–H and O–H groups in total. The van der Waals surface area contributed by atoms with Crippen LogP contribution in [0.1, 0.15) is 42.1 Å². The summed E-state index contributed by atoms with van der Waals surface area (Å²) < 4.78 is 17.8. The maximum atomic E-state index is 13.7. The number of unbranched alkanes of at least 4 members (excludes halogenated alkanes) is 2. The summed E-state index contributed by atoms with van der Waals surface area (Å²) in [5.41, 5.74) is 2.22. The van der Waals surface area contributed by atoms with Gasteiger partial charge >= 0.3 is 0 Å². The van der Waals surface area contributed by atoms with Gasteiger partial charge in [0, 0.05) is 30.1 Å². The van der Waals surface area contributed by atoms with Gasteiger partial charge in [0.25, 0.3) is 5.91 Å². The van der Waals surface area contributed by atoms with Gasteiger partial charge in [0.2, 0.25) is 6.79 Å². The number of carbonyl (C=O) groups is 1. The standard InChI is InChI=1S/C26H25N3O4S/c1-2-3-4-11-31-20-9-5-8-19(12-20)25(30)29(16-18-7-6-10-27-15-18)26-28-21-13-22-23(33-17-32-22)14-24(21)34-26/h5-10,12-15H,2-4,11,16-17H2,1H3. The quantitative estimate of drug-likeness (QED) is 0.283. The number of rotatable bonds is 9. The van der Waals surface area contributed by atoms with E-state index >= 15 is 0 Å². The van der Waals surface area contributed by atoms with Crippen LogP contribution in [0.4, 0.5) is 5.13 Å². The van der Waals surface area contributed by atoms with E-state index in [1.807, 2.05) is 36.4 Å². The molecule has 1 amide bonds. The Morgan fingerprint density at radius 1 is 1.12 bits per heavy atom. The van der Waals surface area contributed by atoms with Crippen LogP contribution in [0.25, 0.3) is 10.2 Å². The lowest BCUT2D eigenvalue weighted by Gasteiger charge is -2.20. The van der Waals surface area contributed by atoms with Crippen molar-refractivity contribution in [1.82, 2.24) is 9.97 Å². The lowest BCUT2D eigenvalue weighted by molar-refractivity contribution is 0.0984. The molecule has 0 fully saturated rings. The van der Waals surface area contributed by atoms with Gasteiger partial charge in [-0.1, -0.05) is 43.2 Å². The summed E-state index contributed by atoms with van der Waals surface area (Å²) in [5, 5.41) is 0.599. The highest BCUT2D eigenvalue weighted by atomic mass is 32.1. The molecule has 0 unspecified atom stereocenters. The number of thiazole rings is 1. The highest BCUT2D eigenvalue weighted by molar-refractivity contribution is 7.22. The van der Waals surface area contributed by atoms with E-state index in [0.29, 0.717) is 41.1 Å². The molecule has 8 heteroatoms. The van der Waals surface area contributed by atoms with Crippen molar-refractivity contribution in [3.05, 3.63) is 72.1 Å². The average molecular weight is 476 g/mol. The number of pyridine rings is 1. The first-order chi connectivity index (χ1) is 16.7. The summed E-state index contributed by atoms with van der Waals surface area (Å²) in [7, 11) is 0. The molecule has 0 spiro atoms. The predicted molar refractivity (Wildman–Crippen MR) is 132 cm³/mol. The van der Waals surface area contributed by atoms with Crippen molar-refractivity contribution in [2.45, 2.75) is 32.7 Å². The predicted octanol–water partition coefficient (Wildman–Crippen LogP) is 5.84. The summed E-state index contributed by atoms with van der Waals surface area (Å²) in [5.74, 6) is 1.91. The minimum absolute atomic E-state index is 0.151. The number of nitrogens with zero attached hydrogens (tertiary/aromatic N) is 3. The molecular weight excluding hydrogens is 450 g/mol. The van der Waals surface area contributed by atoms with Crippen LogP contribution in [0.2, 0.25) is 0 Å². The lowest BCUT2D eigenvalue weighted by Crippen LogP contribution is -2.30. The van der Waals surface area contributed by atoms with Crippen molar-refractivity contribution in [3.63, 3.8) is 0 Å². The number of anilines is 1. The summed E-state index contributed by atoms with van der Waals surface area (Å²) in [6, 6.07) is 14.9. The second kappa shape index (κ2) is 10.1. The van der Waals surface area contributed by atoms with Crippen LogP contribution < -0.4 is 19.1 Å². The minimum Gasteiger partial charge on any atom is -0.494 e. The van der Waals surface area contributed by atoms with Crippen molar-refractivity contribution in [2.24, 2.45) is 0 Å². The van der Waals surface area contributed by atoms with E-state index in [0.717, 1.165) is 35.0 Å². The zero-order valence-corrected chi connectivity index (χ0v) is 19.7. The van der Waals surface area contributed by atoms with E-state index < -0.39 is 0 Å². The highest BCUT2D eigenvalue weighted by Gasteiger charge is 2.24. The van der Waals surface area contributed by atoms with Crippen LogP contribution in [0.5, 0.6) is 17.2 Å². The number of amides is 1. The summed E-state index contributed by atoms with van der Waals surface area (Å²) in [6.07, 6.45) is 6.72. The second-order valence-electron chi connectivity index (χ2n) is 8.01. The fourth-order valence-corrected chi connectivity index (χ4v) is 4.71. The number of hydrogen-bond donors (Lipinski definition) is 0. The third-order valence-electron chi connectivity index (χ3n) is 5.51. The van der Waals surface area contributed by atoms with E-state index in [-0.39, 0.29) is 12.7 Å². The maximum absolute atomic E-state index is 13.7. The Hall–Kier alpha value is -3.65. The molecule has 4 aromatic rings. The number of fused-ring (bicyclic) bond motifs is 2. The van der Waals surface area contributed by atoms with Crippen molar-refractivity contribution < 1.29 is 19.0 Å². The van der Waals surface area contributed by atoms with E-state index in [1.165, 1.54) is 11.3 Å². The summed E-state index contributed by atoms with van der Waals surface area (Å²) in [4.78, 5) is 24.4.